The highest BCUT2D eigenvalue weighted by molar-refractivity contribution is 4.59. The maximum atomic E-state index is 5.74. The molecule has 3 heteroatoms. The van der Waals surface area contributed by atoms with Crippen molar-refractivity contribution in [2.24, 2.45) is 5.73 Å². The fourth-order valence-corrected chi connectivity index (χ4v) is 1.13. The Balaban J connectivity index is 2.97. The van der Waals surface area contributed by atoms with Crippen LogP contribution in [0.25, 0.3) is 0 Å². The van der Waals surface area contributed by atoms with Crippen molar-refractivity contribution >= 4 is 0 Å². The zero-order chi connectivity index (χ0) is 9.23. The van der Waals surface area contributed by atoms with Crippen molar-refractivity contribution in [3.8, 4) is 0 Å². The normalized spacial score (nSPS) is 13.2. The van der Waals surface area contributed by atoms with E-state index >= 15 is 0 Å². The van der Waals surface area contributed by atoms with Crippen LogP contribution in [0.1, 0.15) is 25.7 Å². The van der Waals surface area contributed by atoms with Gasteiger partial charge >= 0.3 is 0 Å². The van der Waals surface area contributed by atoms with Gasteiger partial charge in [0.2, 0.25) is 0 Å². The van der Waals surface area contributed by atoms with E-state index in [0.29, 0.717) is 6.61 Å². The third-order valence-corrected chi connectivity index (χ3v) is 1.80. The summed E-state index contributed by atoms with van der Waals surface area (Å²) in [5.74, 6) is 0. The smallest absolute Gasteiger partial charge is 0.0613 e. The van der Waals surface area contributed by atoms with E-state index in [1.807, 2.05) is 0 Å². The van der Waals surface area contributed by atoms with Crippen LogP contribution in [0.4, 0.5) is 0 Å². The van der Waals surface area contributed by atoms with Crippen LogP contribution in [0.2, 0.25) is 0 Å². The van der Waals surface area contributed by atoms with Gasteiger partial charge in [0.1, 0.15) is 0 Å². The van der Waals surface area contributed by atoms with Crippen LogP contribution >= 0.6 is 0 Å². The van der Waals surface area contributed by atoms with Gasteiger partial charge in [-0.1, -0.05) is 12.8 Å². The molecule has 0 aliphatic rings. The second kappa shape index (κ2) is 8.97. The molecule has 0 saturated carbocycles. The lowest BCUT2D eigenvalue weighted by molar-refractivity contribution is 0.173. The largest absolute Gasteiger partial charge is 0.385 e. The number of nitrogens with two attached hydrogens (primary N) is 1. The summed E-state index contributed by atoms with van der Waals surface area (Å²) in [4.78, 5) is 0. The van der Waals surface area contributed by atoms with E-state index in [9.17, 15) is 0 Å². The van der Waals surface area contributed by atoms with Crippen LogP contribution in [0.3, 0.4) is 0 Å². The van der Waals surface area contributed by atoms with Crippen LogP contribution in [-0.2, 0) is 9.47 Å². The molecule has 0 saturated heterocycles. The van der Waals surface area contributed by atoms with Gasteiger partial charge in [-0.3, -0.25) is 0 Å². The van der Waals surface area contributed by atoms with Gasteiger partial charge in [-0.25, -0.2) is 0 Å². The SMILES string of the molecule is COCCCCCC(N)COC. The fraction of sp³-hybridized carbons (Fsp3) is 1.00. The van der Waals surface area contributed by atoms with E-state index in [-0.39, 0.29) is 6.04 Å². The number of hydrogen-bond acceptors (Lipinski definition) is 3. The van der Waals surface area contributed by atoms with Crippen molar-refractivity contribution in [3.63, 3.8) is 0 Å². The summed E-state index contributed by atoms with van der Waals surface area (Å²) in [6, 6.07) is 0.206. The number of methoxy groups -OCH3 is 2. The van der Waals surface area contributed by atoms with E-state index in [1.165, 1.54) is 12.8 Å². The predicted octanol–water partition coefficient (Wildman–Crippen LogP) is 1.17. The second-order valence-corrected chi connectivity index (χ2v) is 3.06. The highest BCUT2D eigenvalue weighted by Crippen LogP contribution is 2.02. The van der Waals surface area contributed by atoms with E-state index < -0.39 is 0 Å². The molecule has 0 aromatic rings. The second-order valence-electron chi connectivity index (χ2n) is 3.06. The molecule has 2 N–H and O–H groups in total. The topological polar surface area (TPSA) is 44.5 Å². The molecule has 0 rings (SSSR count). The summed E-state index contributed by atoms with van der Waals surface area (Å²) in [6.07, 6.45) is 4.56. The van der Waals surface area contributed by atoms with E-state index in [2.05, 4.69) is 0 Å². The Bertz CT molecular complexity index is 88.6. The molecule has 0 bridgehead atoms. The first kappa shape index (κ1) is 11.9. The Kier molecular flexibility index (Phi) is 8.88. The first-order chi connectivity index (χ1) is 5.81. The first-order valence-electron chi connectivity index (χ1n) is 4.54. The first-order valence-corrected chi connectivity index (χ1v) is 4.54. The van der Waals surface area contributed by atoms with Gasteiger partial charge in [0.05, 0.1) is 6.61 Å². The Morgan fingerprint density at radius 3 is 2.42 bits per heavy atom. The zero-order valence-corrected chi connectivity index (χ0v) is 8.21. The number of unbranched alkanes of at least 4 members (excludes halogenated alkanes) is 2. The predicted molar refractivity (Wildman–Crippen MR) is 50.2 cm³/mol. The van der Waals surface area contributed by atoms with Gasteiger partial charge in [0, 0.05) is 26.9 Å². The summed E-state index contributed by atoms with van der Waals surface area (Å²) in [5, 5.41) is 0. The molecule has 0 fully saturated rings. The van der Waals surface area contributed by atoms with Crippen molar-refractivity contribution in [2.75, 3.05) is 27.4 Å². The number of ether oxygens (including phenoxy) is 2. The number of hydrogen-bond donors (Lipinski definition) is 1. The van der Waals surface area contributed by atoms with Crippen molar-refractivity contribution in [3.05, 3.63) is 0 Å². The maximum Gasteiger partial charge on any atom is 0.0613 e. The maximum absolute atomic E-state index is 5.74. The minimum absolute atomic E-state index is 0.206. The van der Waals surface area contributed by atoms with Crippen LogP contribution in [0.5, 0.6) is 0 Å². The van der Waals surface area contributed by atoms with Crippen molar-refractivity contribution in [2.45, 2.75) is 31.7 Å². The average Bonchev–Trinajstić information content (AvgIpc) is 2.05. The minimum Gasteiger partial charge on any atom is -0.385 e. The Morgan fingerprint density at radius 2 is 1.83 bits per heavy atom. The monoisotopic (exact) mass is 175 g/mol. The van der Waals surface area contributed by atoms with Gasteiger partial charge in [-0.05, 0) is 12.8 Å². The van der Waals surface area contributed by atoms with E-state index in [4.69, 9.17) is 15.2 Å². The highest BCUT2D eigenvalue weighted by atomic mass is 16.5. The van der Waals surface area contributed by atoms with Gasteiger partial charge in [-0.2, -0.15) is 0 Å². The molecule has 0 aromatic heterocycles. The molecule has 0 aliphatic heterocycles. The van der Waals surface area contributed by atoms with Gasteiger partial charge in [0.25, 0.3) is 0 Å². The van der Waals surface area contributed by atoms with Crippen LogP contribution in [-0.4, -0.2) is 33.5 Å². The molecule has 0 radical (unpaired) electrons. The van der Waals surface area contributed by atoms with Crippen molar-refractivity contribution in [1.82, 2.24) is 0 Å². The summed E-state index contributed by atoms with van der Waals surface area (Å²) in [7, 11) is 3.42. The lowest BCUT2D eigenvalue weighted by Crippen LogP contribution is -2.25. The third-order valence-electron chi connectivity index (χ3n) is 1.80. The summed E-state index contributed by atoms with van der Waals surface area (Å²) < 4.78 is 9.87. The molecular formula is C9H21NO2. The molecule has 0 amide bonds. The van der Waals surface area contributed by atoms with Gasteiger partial charge in [-0.15, -0.1) is 0 Å². The van der Waals surface area contributed by atoms with Crippen molar-refractivity contribution in [1.29, 1.82) is 0 Å². The van der Waals surface area contributed by atoms with Crippen molar-refractivity contribution < 1.29 is 9.47 Å². The molecule has 1 unspecified atom stereocenters. The molecule has 0 aliphatic carbocycles. The molecule has 0 aromatic carbocycles. The molecule has 12 heavy (non-hydrogen) atoms. The molecule has 3 nitrogen and oxygen atoms in total. The third kappa shape index (κ3) is 7.98. The van der Waals surface area contributed by atoms with Crippen LogP contribution in [0, 0.1) is 0 Å². The fourth-order valence-electron chi connectivity index (χ4n) is 1.13. The van der Waals surface area contributed by atoms with Crippen LogP contribution < -0.4 is 5.73 Å². The Morgan fingerprint density at radius 1 is 1.08 bits per heavy atom. The average molecular weight is 175 g/mol. The summed E-state index contributed by atoms with van der Waals surface area (Å²) in [6.45, 7) is 1.53. The molecule has 0 spiro atoms. The van der Waals surface area contributed by atoms with E-state index in [1.54, 1.807) is 14.2 Å². The van der Waals surface area contributed by atoms with E-state index in [0.717, 1.165) is 19.4 Å². The lowest BCUT2D eigenvalue weighted by atomic mass is 10.1. The molecular weight excluding hydrogens is 154 g/mol. The minimum atomic E-state index is 0.206. The van der Waals surface area contributed by atoms with Gasteiger partial charge < -0.3 is 15.2 Å². The highest BCUT2D eigenvalue weighted by Gasteiger charge is 2.00. The molecule has 0 heterocycles. The molecule has 1 atom stereocenters. The summed E-state index contributed by atoms with van der Waals surface area (Å²) in [5.41, 5.74) is 5.74. The molecule has 74 valence electrons. The number of rotatable bonds is 8. The quantitative estimate of drug-likeness (QED) is 0.563. The Hall–Kier alpha value is -0.120. The lowest BCUT2D eigenvalue weighted by Gasteiger charge is -2.09. The van der Waals surface area contributed by atoms with Gasteiger partial charge in [0.15, 0.2) is 0 Å². The summed E-state index contributed by atoms with van der Waals surface area (Å²) >= 11 is 0. The van der Waals surface area contributed by atoms with Crippen LogP contribution in [0.15, 0.2) is 0 Å². The standard InChI is InChI=1S/C9H21NO2/c1-11-7-5-3-4-6-9(10)8-12-2/h9H,3-8,10H2,1-2H3. The zero-order valence-electron chi connectivity index (χ0n) is 8.21. The Labute approximate surface area is 75.2 Å².